The number of carbonyl (C=O) groups excluding carboxylic acids is 1. The number of nitrogens with zero attached hydrogens (tertiary/aromatic N) is 2. The highest BCUT2D eigenvalue weighted by atomic mass is 35.5. The number of nitrogens with two attached hydrogens (primary N) is 1. The molecule has 0 bridgehead atoms. The molecule has 30 heavy (non-hydrogen) atoms. The highest BCUT2D eigenvalue weighted by molar-refractivity contribution is 6.35. The summed E-state index contributed by atoms with van der Waals surface area (Å²) in [5, 5.41) is 0.996. The Balaban J connectivity index is 1.63. The molecule has 1 amide bonds. The predicted octanol–water partition coefficient (Wildman–Crippen LogP) is 3.93. The van der Waals surface area contributed by atoms with Gasteiger partial charge in [-0.05, 0) is 43.5 Å². The molecule has 0 aliphatic carbocycles. The van der Waals surface area contributed by atoms with E-state index in [9.17, 15) is 9.59 Å². The lowest BCUT2D eigenvalue weighted by Gasteiger charge is -2.27. The Hall–Kier alpha value is -3.32. The largest absolute Gasteiger partial charge is 0.396 e. The Morgan fingerprint density at radius 3 is 2.63 bits per heavy atom. The second kappa shape index (κ2) is 7.18. The number of piperidine rings is 1. The van der Waals surface area contributed by atoms with Crippen LogP contribution >= 0.6 is 11.6 Å². The summed E-state index contributed by atoms with van der Waals surface area (Å²) in [6, 6.07) is 10.7. The molecule has 0 unspecified atom stereocenters. The van der Waals surface area contributed by atoms with Crippen LogP contribution in [-0.2, 0) is 0 Å². The Bertz CT molecular complexity index is 1350. The summed E-state index contributed by atoms with van der Waals surface area (Å²) in [7, 11) is 0. The summed E-state index contributed by atoms with van der Waals surface area (Å²) >= 11 is 6.44. The van der Waals surface area contributed by atoms with Gasteiger partial charge in [-0.2, -0.15) is 0 Å². The Morgan fingerprint density at radius 2 is 1.83 bits per heavy atom. The van der Waals surface area contributed by atoms with E-state index in [-0.39, 0.29) is 17.2 Å². The average Bonchev–Trinajstić information content (AvgIpc) is 3.08. The fourth-order valence-electron chi connectivity index (χ4n) is 4.05. The van der Waals surface area contributed by atoms with Crippen LogP contribution in [0.3, 0.4) is 0 Å². The number of para-hydroxylation sites is 2. The number of anilines is 1. The van der Waals surface area contributed by atoms with Gasteiger partial charge in [0.05, 0.1) is 33.0 Å². The van der Waals surface area contributed by atoms with E-state index >= 15 is 0 Å². The number of nitrogen functional groups attached to an aromatic ring is 1. The number of benzene rings is 2. The second-order valence-corrected chi connectivity index (χ2v) is 7.98. The molecule has 0 saturated carbocycles. The van der Waals surface area contributed by atoms with Crippen molar-refractivity contribution in [2.24, 2.45) is 0 Å². The zero-order valence-electron chi connectivity index (χ0n) is 16.2. The van der Waals surface area contributed by atoms with E-state index in [2.05, 4.69) is 15.0 Å². The summed E-state index contributed by atoms with van der Waals surface area (Å²) in [4.78, 5) is 37.9. The van der Waals surface area contributed by atoms with Crippen molar-refractivity contribution < 1.29 is 4.79 Å². The zero-order valence-corrected chi connectivity index (χ0v) is 16.9. The molecule has 1 saturated heterocycles. The van der Waals surface area contributed by atoms with Crippen molar-refractivity contribution in [1.82, 2.24) is 19.9 Å². The minimum Gasteiger partial charge on any atom is -0.396 e. The van der Waals surface area contributed by atoms with Gasteiger partial charge in [-0.1, -0.05) is 23.7 Å². The second-order valence-electron chi connectivity index (χ2n) is 7.58. The molecule has 4 N–H and O–H groups in total. The Labute approximate surface area is 176 Å². The van der Waals surface area contributed by atoms with E-state index in [0.29, 0.717) is 43.9 Å². The van der Waals surface area contributed by atoms with Gasteiger partial charge in [0, 0.05) is 24.0 Å². The first kappa shape index (κ1) is 18.7. The van der Waals surface area contributed by atoms with Crippen molar-refractivity contribution >= 4 is 45.1 Å². The van der Waals surface area contributed by atoms with E-state index in [4.69, 9.17) is 17.3 Å². The summed E-state index contributed by atoms with van der Waals surface area (Å²) < 4.78 is 0. The molecule has 7 nitrogen and oxygen atoms in total. The maximum atomic E-state index is 13.0. The molecule has 4 aromatic rings. The van der Waals surface area contributed by atoms with E-state index in [1.165, 1.54) is 0 Å². The maximum absolute atomic E-state index is 13.0. The van der Waals surface area contributed by atoms with E-state index in [1.807, 2.05) is 23.1 Å². The van der Waals surface area contributed by atoms with Crippen LogP contribution in [0.2, 0.25) is 5.02 Å². The van der Waals surface area contributed by atoms with E-state index in [0.717, 1.165) is 32.4 Å². The number of halogens is 1. The lowest BCUT2D eigenvalue weighted by molar-refractivity contribution is 0.0724. The number of amides is 1. The lowest BCUT2D eigenvalue weighted by atomic mass is 10.1. The van der Waals surface area contributed by atoms with Crippen LogP contribution in [-0.4, -0.2) is 38.8 Å². The number of likely N-dealkylation sites (tertiary alicyclic amines) is 1. The maximum Gasteiger partial charge on any atom is 0.276 e. The van der Waals surface area contributed by atoms with E-state index < -0.39 is 0 Å². The first-order valence-corrected chi connectivity index (χ1v) is 10.3. The highest BCUT2D eigenvalue weighted by Gasteiger charge is 2.23. The fourth-order valence-corrected chi connectivity index (χ4v) is 4.30. The monoisotopic (exact) mass is 421 g/mol. The molecule has 0 radical (unpaired) electrons. The topological polar surface area (TPSA) is 108 Å². The lowest BCUT2D eigenvalue weighted by Crippen LogP contribution is -2.35. The summed E-state index contributed by atoms with van der Waals surface area (Å²) in [6.45, 7) is 1.47. The van der Waals surface area contributed by atoms with Crippen LogP contribution in [0.4, 0.5) is 5.69 Å². The number of nitrogens with one attached hydrogen (secondary N) is 2. The van der Waals surface area contributed by atoms with Crippen LogP contribution in [0.1, 0.15) is 29.6 Å². The third-order valence-corrected chi connectivity index (χ3v) is 5.95. The van der Waals surface area contributed by atoms with Gasteiger partial charge in [-0.15, -0.1) is 0 Å². The molecule has 1 aliphatic rings. The summed E-state index contributed by atoms with van der Waals surface area (Å²) in [5.41, 5.74) is 9.40. The van der Waals surface area contributed by atoms with Crippen LogP contribution in [0.25, 0.3) is 33.3 Å². The van der Waals surface area contributed by atoms with Crippen molar-refractivity contribution in [3.8, 4) is 11.4 Å². The number of hydrogen-bond acceptors (Lipinski definition) is 4. The average molecular weight is 422 g/mol. The van der Waals surface area contributed by atoms with Gasteiger partial charge in [-0.3, -0.25) is 9.59 Å². The van der Waals surface area contributed by atoms with Crippen LogP contribution in [0, 0.1) is 0 Å². The molecule has 5 rings (SSSR count). The quantitative estimate of drug-likeness (QED) is 0.455. The molecular formula is C22H20ClN5O2. The van der Waals surface area contributed by atoms with E-state index in [1.54, 1.807) is 18.2 Å². The summed E-state index contributed by atoms with van der Waals surface area (Å²) in [5.74, 6) is -0.0922. The van der Waals surface area contributed by atoms with Gasteiger partial charge in [0.25, 0.3) is 11.5 Å². The normalized spacial score (nSPS) is 14.5. The minimum absolute atomic E-state index is 0.0922. The van der Waals surface area contributed by atoms with Gasteiger partial charge < -0.3 is 20.6 Å². The third kappa shape index (κ3) is 3.02. The zero-order chi connectivity index (χ0) is 20.8. The molecule has 1 fully saturated rings. The van der Waals surface area contributed by atoms with Gasteiger partial charge in [0.1, 0.15) is 0 Å². The molecule has 2 aromatic carbocycles. The van der Waals surface area contributed by atoms with Crippen LogP contribution in [0.5, 0.6) is 0 Å². The van der Waals surface area contributed by atoms with Crippen molar-refractivity contribution in [3.63, 3.8) is 0 Å². The first-order valence-electron chi connectivity index (χ1n) is 9.92. The standard InChI is InChI=1S/C22H20ClN5O2/c23-14-11-17-13(10-12(14)22(30)28-8-4-1-5-9-28)18(24)19(26-17)20-21(29)27-16-7-3-2-6-15(16)25-20/h2-3,6-7,10-11,26H,1,4-5,8-9,24H2,(H,27,29). The smallest absolute Gasteiger partial charge is 0.276 e. The number of rotatable bonds is 2. The molecule has 152 valence electrons. The highest BCUT2D eigenvalue weighted by Crippen LogP contribution is 2.34. The van der Waals surface area contributed by atoms with Crippen LogP contribution < -0.4 is 11.3 Å². The molecule has 0 spiro atoms. The third-order valence-electron chi connectivity index (χ3n) is 5.64. The fraction of sp³-hybridized carbons (Fsp3) is 0.227. The SMILES string of the molecule is Nc1c(-c2nc3ccccc3[nH]c2=O)[nH]c2cc(Cl)c(C(=O)N3CCCCC3)cc12. The molecule has 1 aliphatic heterocycles. The van der Waals surface area contributed by atoms with Gasteiger partial charge in [0.2, 0.25) is 0 Å². The molecule has 8 heteroatoms. The van der Waals surface area contributed by atoms with Gasteiger partial charge in [-0.25, -0.2) is 4.98 Å². The Morgan fingerprint density at radius 1 is 1.07 bits per heavy atom. The van der Waals surface area contributed by atoms with Gasteiger partial charge >= 0.3 is 0 Å². The van der Waals surface area contributed by atoms with Crippen molar-refractivity contribution in [3.05, 3.63) is 57.3 Å². The number of hydrogen-bond donors (Lipinski definition) is 3. The number of aromatic amines is 2. The van der Waals surface area contributed by atoms with Crippen molar-refractivity contribution in [2.75, 3.05) is 18.8 Å². The molecule has 2 aromatic heterocycles. The minimum atomic E-state index is -0.345. The number of carbonyl (C=O) groups is 1. The molecular weight excluding hydrogens is 402 g/mol. The van der Waals surface area contributed by atoms with Crippen LogP contribution in [0.15, 0.2) is 41.2 Å². The van der Waals surface area contributed by atoms with Crippen molar-refractivity contribution in [1.29, 1.82) is 0 Å². The number of fused-ring (bicyclic) bond motifs is 2. The number of H-pyrrole nitrogens is 2. The van der Waals surface area contributed by atoms with Gasteiger partial charge in [0.15, 0.2) is 5.69 Å². The summed E-state index contributed by atoms with van der Waals surface area (Å²) in [6.07, 6.45) is 3.13. The predicted molar refractivity (Wildman–Crippen MR) is 119 cm³/mol. The Kier molecular flexibility index (Phi) is 4.47. The number of aromatic nitrogens is 3. The molecule has 3 heterocycles. The van der Waals surface area contributed by atoms with Crippen molar-refractivity contribution in [2.45, 2.75) is 19.3 Å². The molecule has 0 atom stereocenters. The first-order chi connectivity index (χ1) is 14.5.